The molecule has 1 aliphatic rings. The topological polar surface area (TPSA) is 35.5 Å². The molecule has 3 nitrogen and oxygen atoms in total. The molecule has 3 atom stereocenters. The van der Waals surface area contributed by atoms with Gasteiger partial charge in [0.05, 0.1) is 18.6 Å². The quantitative estimate of drug-likeness (QED) is 0.576. The van der Waals surface area contributed by atoms with Crippen LogP contribution >= 0.6 is 0 Å². The van der Waals surface area contributed by atoms with Gasteiger partial charge in [-0.05, 0) is 25.1 Å². The van der Waals surface area contributed by atoms with E-state index in [1.165, 1.54) is 7.11 Å². The van der Waals surface area contributed by atoms with Gasteiger partial charge in [0.25, 0.3) is 0 Å². The zero-order chi connectivity index (χ0) is 13.6. The Morgan fingerprint density at radius 3 is 2.00 bits per heavy atom. The van der Waals surface area contributed by atoms with E-state index in [-0.39, 0.29) is 28.8 Å². The number of rotatable bonds is 3. The first-order valence-electron chi connectivity index (χ1n) is 6.25. The van der Waals surface area contributed by atoms with Gasteiger partial charge in [-0.3, -0.25) is 4.79 Å². The van der Waals surface area contributed by atoms with E-state index in [9.17, 15) is 4.79 Å². The fraction of sp³-hybridized carbons (Fsp3) is 0.923. The Balaban J connectivity index is 3.05. The lowest BCUT2D eigenvalue weighted by atomic mass is 9.84. The van der Waals surface area contributed by atoms with E-state index >= 15 is 0 Å². The highest BCUT2D eigenvalue weighted by molar-refractivity contribution is 6.69. The number of esters is 1. The maximum atomic E-state index is 11.8. The van der Waals surface area contributed by atoms with Crippen LogP contribution in [0.3, 0.4) is 0 Å². The monoisotopic (exact) mass is 258 g/mol. The van der Waals surface area contributed by atoms with Crippen LogP contribution in [0.25, 0.3) is 0 Å². The molecule has 0 N–H and O–H groups in total. The molecule has 1 saturated carbocycles. The fourth-order valence-corrected chi connectivity index (χ4v) is 4.63. The molecule has 0 aromatic carbocycles. The molecule has 0 aliphatic heterocycles. The van der Waals surface area contributed by atoms with Gasteiger partial charge in [-0.25, -0.2) is 0 Å². The van der Waals surface area contributed by atoms with Crippen LogP contribution in [0, 0.1) is 17.3 Å². The molecule has 0 unspecified atom stereocenters. The van der Waals surface area contributed by atoms with Gasteiger partial charge in [0.15, 0.2) is 8.32 Å². The summed E-state index contributed by atoms with van der Waals surface area (Å²) < 4.78 is 11.3. The van der Waals surface area contributed by atoms with E-state index in [0.717, 1.165) is 0 Å². The molecule has 1 rings (SSSR count). The molecule has 0 aromatic rings. The minimum absolute atomic E-state index is 0.0500. The molecule has 0 saturated heterocycles. The van der Waals surface area contributed by atoms with Gasteiger partial charge in [-0.15, -0.1) is 0 Å². The largest absolute Gasteiger partial charge is 0.469 e. The summed E-state index contributed by atoms with van der Waals surface area (Å²) in [5, 5.41) is 0. The molecule has 100 valence electrons. The predicted molar refractivity (Wildman–Crippen MR) is 71.3 cm³/mol. The number of ether oxygens (including phenoxy) is 1. The van der Waals surface area contributed by atoms with Gasteiger partial charge < -0.3 is 9.16 Å². The summed E-state index contributed by atoms with van der Waals surface area (Å²) in [5.74, 6) is -0.00780. The van der Waals surface area contributed by atoms with Crippen LogP contribution in [0.5, 0.6) is 0 Å². The third-order valence-electron chi connectivity index (χ3n) is 3.63. The average Bonchev–Trinajstić information content (AvgIpc) is 2.67. The van der Waals surface area contributed by atoms with E-state index < -0.39 is 8.32 Å². The van der Waals surface area contributed by atoms with Crippen LogP contribution in [-0.4, -0.2) is 27.0 Å². The summed E-state index contributed by atoms with van der Waals surface area (Å²) in [6.45, 7) is 15.0. The van der Waals surface area contributed by atoms with Crippen molar-refractivity contribution in [3.8, 4) is 0 Å². The van der Waals surface area contributed by atoms with Crippen molar-refractivity contribution < 1.29 is 14.0 Å². The summed E-state index contributed by atoms with van der Waals surface area (Å²) in [7, 11) is -0.236. The van der Waals surface area contributed by atoms with Gasteiger partial charge in [0, 0.05) is 5.92 Å². The Morgan fingerprint density at radius 2 is 1.71 bits per heavy atom. The Labute approximate surface area is 106 Å². The van der Waals surface area contributed by atoms with Gasteiger partial charge >= 0.3 is 5.97 Å². The van der Waals surface area contributed by atoms with Crippen LogP contribution in [0.15, 0.2) is 0 Å². The van der Waals surface area contributed by atoms with Crippen molar-refractivity contribution in [1.29, 1.82) is 0 Å². The molecule has 0 heterocycles. The molecule has 0 bridgehead atoms. The lowest BCUT2D eigenvalue weighted by molar-refractivity contribution is -0.145. The van der Waals surface area contributed by atoms with Crippen molar-refractivity contribution in [2.75, 3.05) is 7.11 Å². The predicted octanol–water partition coefficient (Wildman–Crippen LogP) is 3.06. The Morgan fingerprint density at radius 1 is 1.24 bits per heavy atom. The molecular weight excluding hydrogens is 232 g/mol. The Kier molecular flexibility index (Phi) is 3.54. The van der Waals surface area contributed by atoms with Gasteiger partial charge in [0.2, 0.25) is 0 Å². The van der Waals surface area contributed by atoms with E-state index in [4.69, 9.17) is 9.16 Å². The van der Waals surface area contributed by atoms with Crippen LogP contribution in [0.4, 0.5) is 0 Å². The maximum Gasteiger partial charge on any atom is 0.311 e. The molecule has 0 aromatic heterocycles. The molecule has 1 aliphatic carbocycles. The van der Waals surface area contributed by atoms with Gasteiger partial charge in [-0.2, -0.15) is 0 Å². The normalized spacial score (nSPS) is 33.4. The Hall–Kier alpha value is -0.353. The Bertz CT molecular complexity index is 314. The first-order valence-corrected chi connectivity index (χ1v) is 9.66. The van der Waals surface area contributed by atoms with Crippen molar-refractivity contribution in [2.24, 2.45) is 17.3 Å². The summed E-state index contributed by atoms with van der Waals surface area (Å²) in [5.41, 5.74) is -0.393. The third kappa shape index (κ3) is 2.43. The van der Waals surface area contributed by atoms with Crippen molar-refractivity contribution in [3.05, 3.63) is 0 Å². The van der Waals surface area contributed by atoms with Crippen molar-refractivity contribution >= 4 is 14.3 Å². The lowest BCUT2D eigenvalue weighted by Gasteiger charge is -2.38. The summed E-state index contributed by atoms with van der Waals surface area (Å²) in [6.07, 6.45) is 0. The molecule has 4 heteroatoms. The molecule has 0 radical (unpaired) electrons. The molecule has 17 heavy (non-hydrogen) atoms. The smallest absolute Gasteiger partial charge is 0.311 e. The second kappa shape index (κ2) is 4.09. The summed E-state index contributed by atoms with van der Waals surface area (Å²) in [6, 6.07) is 0. The first-order chi connectivity index (χ1) is 7.47. The van der Waals surface area contributed by atoms with Crippen LogP contribution in [-0.2, 0) is 14.0 Å². The standard InChI is InChI=1S/C13H26O3Si/c1-9-10(11(14)15-5)13(9,12(2,3)4)16-17(6,7)8/h9-10H,1-8H3/t9-,10-,13-/m1/s1. The number of carbonyl (C=O) groups is 1. The molecular formula is C13H26O3Si. The molecule has 1 fully saturated rings. The van der Waals surface area contributed by atoms with E-state index in [1.54, 1.807) is 0 Å². The minimum Gasteiger partial charge on any atom is -0.469 e. The highest BCUT2D eigenvalue weighted by Gasteiger charge is 2.73. The first kappa shape index (κ1) is 14.7. The second-order valence-corrected chi connectivity index (χ2v) is 11.5. The highest BCUT2D eigenvalue weighted by Crippen LogP contribution is 2.63. The number of hydrogen-bond donors (Lipinski definition) is 0. The SMILES string of the molecule is COC(=O)[C@H]1[C@@H](C)[C@]1(O[Si](C)(C)C)C(C)(C)C. The van der Waals surface area contributed by atoms with Crippen LogP contribution < -0.4 is 0 Å². The van der Waals surface area contributed by atoms with Crippen LogP contribution in [0.2, 0.25) is 19.6 Å². The van der Waals surface area contributed by atoms with Gasteiger partial charge in [-0.1, -0.05) is 27.7 Å². The van der Waals surface area contributed by atoms with Crippen molar-refractivity contribution in [3.63, 3.8) is 0 Å². The van der Waals surface area contributed by atoms with Gasteiger partial charge in [0.1, 0.15) is 0 Å². The summed E-state index contributed by atoms with van der Waals surface area (Å²) >= 11 is 0. The number of hydrogen-bond acceptors (Lipinski definition) is 3. The maximum absolute atomic E-state index is 11.8. The highest BCUT2D eigenvalue weighted by atomic mass is 28.4. The van der Waals surface area contributed by atoms with Crippen molar-refractivity contribution in [2.45, 2.75) is 52.9 Å². The van der Waals surface area contributed by atoms with Crippen molar-refractivity contribution in [1.82, 2.24) is 0 Å². The van der Waals surface area contributed by atoms with E-state index in [1.807, 2.05) is 0 Å². The fourth-order valence-electron chi connectivity index (χ4n) is 3.00. The zero-order valence-electron chi connectivity index (χ0n) is 12.4. The molecule has 0 amide bonds. The average molecular weight is 258 g/mol. The number of carbonyl (C=O) groups excluding carboxylic acids is 1. The van der Waals surface area contributed by atoms with E-state index in [0.29, 0.717) is 0 Å². The van der Waals surface area contributed by atoms with E-state index in [2.05, 4.69) is 47.3 Å². The third-order valence-corrected chi connectivity index (χ3v) is 4.58. The second-order valence-electron chi connectivity index (χ2n) is 7.05. The number of methoxy groups -OCH3 is 1. The minimum atomic E-state index is -1.69. The van der Waals surface area contributed by atoms with Crippen LogP contribution in [0.1, 0.15) is 27.7 Å². The summed E-state index contributed by atoms with van der Waals surface area (Å²) in [4.78, 5) is 11.8. The lowest BCUT2D eigenvalue weighted by Crippen LogP contribution is -2.44. The molecule has 0 spiro atoms. The zero-order valence-corrected chi connectivity index (χ0v) is 13.4.